The molecule has 0 aliphatic rings. The van der Waals surface area contributed by atoms with Gasteiger partial charge in [-0.1, -0.05) is 32.9 Å². The Bertz CT molecular complexity index is 347. The molecule has 1 rings (SSSR count). The van der Waals surface area contributed by atoms with Crippen molar-refractivity contribution in [3.05, 3.63) is 29.8 Å². The first-order valence-corrected chi connectivity index (χ1v) is 7.14. The van der Waals surface area contributed by atoms with E-state index in [-0.39, 0.29) is 0 Å². The zero-order chi connectivity index (χ0) is 13.5. The fourth-order valence-electron chi connectivity index (χ4n) is 2.41. The van der Waals surface area contributed by atoms with Crippen LogP contribution >= 0.6 is 0 Å². The summed E-state index contributed by atoms with van der Waals surface area (Å²) in [5.74, 6) is 0.643. The Labute approximate surface area is 112 Å². The molecule has 1 N–H and O–H groups in total. The molecule has 0 amide bonds. The maximum atomic E-state index is 3.49. The summed E-state index contributed by atoms with van der Waals surface area (Å²) in [7, 11) is 0. The van der Waals surface area contributed by atoms with Crippen LogP contribution in [0.25, 0.3) is 0 Å². The number of anilines is 1. The van der Waals surface area contributed by atoms with Crippen molar-refractivity contribution in [1.82, 2.24) is 5.32 Å². The van der Waals surface area contributed by atoms with E-state index in [4.69, 9.17) is 0 Å². The maximum absolute atomic E-state index is 3.49. The molecule has 1 unspecified atom stereocenters. The van der Waals surface area contributed by atoms with Gasteiger partial charge in [0.25, 0.3) is 0 Å². The molecule has 0 fully saturated rings. The highest BCUT2D eigenvalue weighted by Gasteiger charge is 2.20. The van der Waals surface area contributed by atoms with Gasteiger partial charge in [0.05, 0.1) is 0 Å². The van der Waals surface area contributed by atoms with Crippen molar-refractivity contribution >= 4 is 5.69 Å². The van der Waals surface area contributed by atoms with E-state index in [0.717, 1.165) is 19.6 Å². The smallest absolute Gasteiger partial charge is 0.0437 e. The second-order valence-corrected chi connectivity index (χ2v) is 5.24. The van der Waals surface area contributed by atoms with E-state index >= 15 is 0 Å². The van der Waals surface area contributed by atoms with Crippen molar-refractivity contribution < 1.29 is 0 Å². The summed E-state index contributed by atoms with van der Waals surface area (Å²) in [4.78, 5) is 2.51. The molecule has 2 nitrogen and oxygen atoms in total. The van der Waals surface area contributed by atoms with Crippen LogP contribution in [0.15, 0.2) is 24.3 Å². The quantitative estimate of drug-likeness (QED) is 0.795. The zero-order valence-electron chi connectivity index (χ0n) is 12.5. The van der Waals surface area contributed by atoms with Crippen molar-refractivity contribution in [2.45, 2.75) is 40.7 Å². The number of nitrogens with one attached hydrogen (secondary N) is 1. The van der Waals surface area contributed by atoms with Crippen LogP contribution in [0.4, 0.5) is 5.69 Å². The van der Waals surface area contributed by atoms with E-state index in [1.807, 2.05) is 0 Å². The monoisotopic (exact) mass is 248 g/mol. The Morgan fingerprint density at radius 3 is 2.44 bits per heavy atom. The first kappa shape index (κ1) is 15.0. The van der Waals surface area contributed by atoms with E-state index in [1.165, 1.54) is 11.3 Å². The van der Waals surface area contributed by atoms with Gasteiger partial charge in [0, 0.05) is 24.8 Å². The number of nitrogens with zero attached hydrogens (tertiary/aromatic N) is 1. The number of likely N-dealkylation sites (N-methyl/N-ethyl adjacent to an activating group) is 2. The lowest BCUT2D eigenvalue weighted by Crippen LogP contribution is -2.45. The summed E-state index contributed by atoms with van der Waals surface area (Å²) in [5.41, 5.74) is 2.67. The summed E-state index contributed by atoms with van der Waals surface area (Å²) in [6.45, 7) is 14.3. The molecule has 18 heavy (non-hydrogen) atoms. The second kappa shape index (κ2) is 7.42. The van der Waals surface area contributed by atoms with E-state index in [0.29, 0.717) is 12.0 Å². The van der Waals surface area contributed by atoms with Gasteiger partial charge >= 0.3 is 0 Å². The average molecular weight is 248 g/mol. The number of hydrogen-bond donors (Lipinski definition) is 1. The first-order chi connectivity index (χ1) is 8.60. The molecule has 0 saturated heterocycles. The van der Waals surface area contributed by atoms with Crippen LogP contribution in [0.1, 0.15) is 33.3 Å². The Hall–Kier alpha value is -1.02. The van der Waals surface area contributed by atoms with E-state index < -0.39 is 0 Å². The molecular weight excluding hydrogens is 220 g/mol. The fraction of sp³-hybridized carbons (Fsp3) is 0.625. The maximum Gasteiger partial charge on any atom is 0.0437 e. The Balaban J connectivity index is 2.90. The molecule has 102 valence electrons. The van der Waals surface area contributed by atoms with Crippen molar-refractivity contribution in [2.24, 2.45) is 5.92 Å². The van der Waals surface area contributed by atoms with Gasteiger partial charge in [0.2, 0.25) is 0 Å². The molecule has 0 bridgehead atoms. The largest absolute Gasteiger partial charge is 0.367 e. The van der Waals surface area contributed by atoms with Crippen LogP contribution in [0.3, 0.4) is 0 Å². The van der Waals surface area contributed by atoms with E-state index in [1.54, 1.807) is 0 Å². The lowest BCUT2D eigenvalue weighted by Gasteiger charge is -2.36. The molecule has 0 saturated carbocycles. The highest BCUT2D eigenvalue weighted by atomic mass is 15.2. The average Bonchev–Trinajstić information content (AvgIpc) is 2.34. The summed E-state index contributed by atoms with van der Waals surface area (Å²) >= 11 is 0. The normalized spacial score (nSPS) is 12.8. The number of rotatable bonds is 7. The molecule has 0 aromatic heterocycles. The lowest BCUT2D eigenvalue weighted by molar-refractivity contribution is 0.434. The Morgan fingerprint density at radius 1 is 1.22 bits per heavy atom. The topological polar surface area (TPSA) is 15.3 Å². The third-order valence-electron chi connectivity index (χ3n) is 3.45. The minimum absolute atomic E-state index is 0.553. The van der Waals surface area contributed by atoms with Crippen molar-refractivity contribution in [2.75, 3.05) is 24.5 Å². The summed E-state index contributed by atoms with van der Waals surface area (Å²) in [6, 6.07) is 9.36. The number of hydrogen-bond acceptors (Lipinski definition) is 2. The molecule has 0 aliphatic heterocycles. The summed E-state index contributed by atoms with van der Waals surface area (Å²) < 4.78 is 0. The Kier molecular flexibility index (Phi) is 6.20. The van der Waals surface area contributed by atoms with E-state index in [9.17, 15) is 0 Å². The lowest BCUT2D eigenvalue weighted by atomic mass is 10.0. The van der Waals surface area contributed by atoms with Gasteiger partial charge < -0.3 is 10.2 Å². The molecular formula is C16H28N2. The van der Waals surface area contributed by atoms with Gasteiger partial charge in [-0.05, 0) is 44.0 Å². The number of aryl methyl sites for hydroxylation is 1. The van der Waals surface area contributed by atoms with Gasteiger partial charge in [0.15, 0.2) is 0 Å². The van der Waals surface area contributed by atoms with Crippen LogP contribution < -0.4 is 10.2 Å². The van der Waals surface area contributed by atoms with Crippen molar-refractivity contribution in [3.8, 4) is 0 Å². The molecule has 0 heterocycles. The molecule has 1 atom stereocenters. The third-order valence-corrected chi connectivity index (χ3v) is 3.45. The standard InChI is InChI=1S/C16H28N2/c1-6-17-12-16(13(3)4)18(7-2)15-10-8-9-14(5)11-15/h8-11,13,16-17H,6-7,12H2,1-5H3. The predicted octanol–water partition coefficient (Wildman–Crippen LogP) is 3.46. The molecule has 0 aliphatic carbocycles. The van der Waals surface area contributed by atoms with Gasteiger partial charge in [0.1, 0.15) is 0 Å². The minimum Gasteiger partial charge on any atom is -0.367 e. The van der Waals surface area contributed by atoms with Crippen LogP contribution in [-0.4, -0.2) is 25.7 Å². The van der Waals surface area contributed by atoms with Gasteiger partial charge in [-0.15, -0.1) is 0 Å². The van der Waals surface area contributed by atoms with Crippen molar-refractivity contribution in [1.29, 1.82) is 0 Å². The minimum atomic E-state index is 0.553. The first-order valence-electron chi connectivity index (χ1n) is 7.14. The second-order valence-electron chi connectivity index (χ2n) is 5.24. The van der Waals surface area contributed by atoms with Crippen molar-refractivity contribution in [3.63, 3.8) is 0 Å². The van der Waals surface area contributed by atoms with Crippen LogP contribution in [-0.2, 0) is 0 Å². The van der Waals surface area contributed by atoms with Gasteiger partial charge in [-0.3, -0.25) is 0 Å². The Morgan fingerprint density at radius 2 is 1.94 bits per heavy atom. The SMILES string of the molecule is CCNCC(C(C)C)N(CC)c1cccc(C)c1. The highest BCUT2D eigenvalue weighted by Crippen LogP contribution is 2.21. The predicted molar refractivity (Wildman–Crippen MR) is 81.4 cm³/mol. The van der Waals surface area contributed by atoms with Gasteiger partial charge in [-0.2, -0.15) is 0 Å². The summed E-state index contributed by atoms with van der Waals surface area (Å²) in [5, 5.41) is 3.49. The van der Waals surface area contributed by atoms with Gasteiger partial charge in [-0.25, -0.2) is 0 Å². The molecule has 1 aromatic rings. The molecule has 0 radical (unpaired) electrons. The highest BCUT2D eigenvalue weighted by molar-refractivity contribution is 5.49. The molecule has 2 heteroatoms. The fourth-order valence-corrected chi connectivity index (χ4v) is 2.41. The van der Waals surface area contributed by atoms with Crippen LogP contribution in [0, 0.1) is 12.8 Å². The molecule has 1 aromatic carbocycles. The van der Waals surface area contributed by atoms with Crippen LogP contribution in [0.2, 0.25) is 0 Å². The third kappa shape index (κ3) is 4.02. The summed E-state index contributed by atoms with van der Waals surface area (Å²) in [6.07, 6.45) is 0. The van der Waals surface area contributed by atoms with Crippen LogP contribution in [0.5, 0.6) is 0 Å². The number of benzene rings is 1. The van der Waals surface area contributed by atoms with E-state index in [2.05, 4.69) is 69.1 Å². The zero-order valence-corrected chi connectivity index (χ0v) is 12.5. The molecule has 0 spiro atoms.